The van der Waals surface area contributed by atoms with E-state index in [2.05, 4.69) is 10.1 Å². The first-order valence-corrected chi connectivity index (χ1v) is 10.8. The number of carbonyl (C=O) groups is 1. The van der Waals surface area contributed by atoms with E-state index in [0.717, 1.165) is 11.1 Å². The molecule has 1 aliphatic heterocycles. The summed E-state index contributed by atoms with van der Waals surface area (Å²) in [6.07, 6.45) is 0.340. The number of non-ortho nitro benzene ring substituents is 1. The Morgan fingerprint density at radius 3 is 2.35 bits per heavy atom. The van der Waals surface area contributed by atoms with E-state index in [0.29, 0.717) is 34.2 Å². The van der Waals surface area contributed by atoms with Crippen molar-refractivity contribution in [1.82, 2.24) is 9.99 Å². The molecule has 168 valence electrons. The number of aromatic nitrogens is 1. The standard InChI is InChI=1S/C26H20N4O4/c1-16(31)29-23(17-8-4-2-5-9-17)15-22(28-29)25-24(18-10-6-3-7-11-18)20-14-19(30(33)34)12-13-21(20)27-26(25)32/h2-14,23H,15H2,1H3,(H,27,32)/t23-/m1/s1. The number of benzene rings is 3. The third kappa shape index (κ3) is 3.65. The van der Waals surface area contributed by atoms with Gasteiger partial charge in [0.25, 0.3) is 11.2 Å². The molecule has 34 heavy (non-hydrogen) atoms. The lowest BCUT2D eigenvalue weighted by molar-refractivity contribution is -0.384. The topological polar surface area (TPSA) is 109 Å². The van der Waals surface area contributed by atoms with Crippen LogP contribution in [0.1, 0.15) is 30.5 Å². The van der Waals surface area contributed by atoms with Crippen molar-refractivity contribution in [3.05, 3.63) is 110 Å². The molecule has 1 aromatic heterocycles. The minimum Gasteiger partial charge on any atom is -0.321 e. The van der Waals surface area contributed by atoms with Gasteiger partial charge in [0.2, 0.25) is 5.91 Å². The van der Waals surface area contributed by atoms with Crippen LogP contribution in [-0.4, -0.2) is 26.5 Å². The number of hydrogen-bond donors (Lipinski definition) is 1. The number of rotatable bonds is 4. The van der Waals surface area contributed by atoms with Gasteiger partial charge in [0.15, 0.2) is 0 Å². The Morgan fingerprint density at radius 2 is 1.71 bits per heavy atom. The summed E-state index contributed by atoms with van der Waals surface area (Å²) < 4.78 is 0. The van der Waals surface area contributed by atoms with Crippen LogP contribution in [0.5, 0.6) is 0 Å². The monoisotopic (exact) mass is 452 g/mol. The number of fused-ring (bicyclic) bond motifs is 1. The maximum atomic E-state index is 13.4. The summed E-state index contributed by atoms with van der Waals surface area (Å²) in [4.78, 5) is 39.7. The number of hydrogen-bond acceptors (Lipinski definition) is 5. The summed E-state index contributed by atoms with van der Waals surface area (Å²) in [6.45, 7) is 1.44. The number of pyridine rings is 1. The molecular weight excluding hydrogens is 432 g/mol. The normalized spacial score (nSPS) is 15.4. The van der Waals surface area contributed by atoms with Gasteiger partial charge in [0, 0.05) is 41.9 Å². The van der Waals surface area contributed by atoms with Crippen LogP contribution >= 0.6 is 0 Å². The number of nitro benzene ring substituents is 1. The molecule has 8 heteroatoms. The third-order valence-electron chi connectivity index (χ3n) is 5.98. The maximum absolute atomic E-state index is 13.4. The van der Waals surface area contributed by atoms with Crippen LogP contribution in [-0.2, 0) is 4.79 Å². The molecule has 1 atom stereocenters. The molecule has 5 rings (SSSR count). The number of nitrogens with zero attached hydrogens (tertiary/aromatic N) is 3. The second-order valence-corrected chi connectivity index (χ2v) is 8.10. The highest BCUT2D eigenvalue weighted by Gasteiger charge is 2.34. The van der Waals surface area contributed by atoms with E-state index in [1.807, 2.05) is 60.7 Å². The summed E-state index contributed by atoms with van der Waals surface area (Å²) in [7, 11) is 0. The molecule has 0 spiro atoms. The first-order valence-electron chi connectivity index (χ1n) is 10.8. The molecule has 0 bridgehead atoms. The molecule has 0 saturated carbocycles. The van der Waals surface area contributed by atoms with Gasteiger partial charge in [0.05, 0.1) is 22.2 Å². The number of nitro groups is 1. The SMILES string of the molecule is CC(=O)N1N=C(c2c(-c3ccccc3)c3cc([N+](=O)[O-])ccc3[nH]c2=O)C[C@@H]1c1ccccc1. The van der Waals surface area contributed by atoms with Gasteiger partial charge in [-0.3, -0.25) is 19.7 Å². The highest BCUT2D eigenvalue weighted by Crippen LogP contribution is 2.37. The Morgan fingerprint density at radius 1 is 1.03 bits per heavy atom. The van der Waals surface area contributed by atoms with Crippen molar-refractivity contribution in [3.8, 4) is 11.1 Å². The fraction of sp³-hybridized carbons (Fsp3) is 0.115. The van der Waals surface area contributed by atoms with Crippen molar-refractivity contribution in [2.45, 2.75) is 19.4 Å². The maximum Gasteiger partial charge on any atom is 0.270 e. The van der Waals surface area contributed by atoms with Gasteiger partial charge >= 0.3 is 0 Å². The molecule has 8 nitrogen and oxygen atoms in total. The molecule has 0 aliphatic carbocycles. The molecular formula is C26H20N4O4. The van der Waals surface area contributed by atoms with E-state index in [1.165, 1.54) is 30.1 Å². The molecule has 0 saturated heterocycles. The summed E-state index contributed by atoms with van der Waals surface area (Å²) in [5.74, 6) is -0.238. The van der Waals surface area contributed by atoms with Gasteiger partial charge in [-0.1, -0.05) is 60.7 Å². The minimum atomic E-state index is -0.463. The largest absolute Gasteiger partial charge is 0.321 e. The quantitative estimate of drug-likeness (QED) is 0.354. The highest BCUT2D eigenvalue weighted by molar-refractivity contribution is 6.13. The predicted molar refractivity (Wildman–Crippen MR) is 130 cm³/mol. The van der Waals surface area contributed by atoms with Crippen molar-refractivity contribution in [1.29, 1.82) is 0 Å². The molecule has 0 radical (unpaired) electrons. The zero-order valence-corrected chi connectivity index (χ0v) is 18.3. The average Bonchev–Trinajstić information content (AvgIpc) is 3.29. The Balaban J connectivity index is 1.77. The predicted octanol–water partition coefficient (Wildman–Crippen LogP) is 4.80. The average molecular weight is 452 g/mol. The van der Waals surface area contributed by atoms with E-state index in [4.69, 9.17) is 0 Å². The minimum absolute atomic E-state index is 0.0800. The van der Waals surface area contributed by atoms with Crippen LogP contribution in [0, 0.1) is 10.1 Å². The number of hydrazone groups is 1. The van der Waals surface area contributed by atoms with Crippen LogP contribution in [0.3, 0.4) is 0 Å². The summed E-state index contributed by atoms with van der Waals surface area (Å²) >= 11 is 0. The summed E-state index contributed by atoms with van der Waals surface area (Å²) in [5, 5.41) is 18.0. The zero-order chi connectivity index (χ0) is 23.8. The van der Waals surface area contributed by atoms with Gasteiger partial charge in [-0.05, 0) is 17.2 Å². The van der Waals surface area contributed by atoms with Crippen molar-refractivity contribution in [2.75, 3.05) is 0 Å². The third-order valence-corrected chi connectivity index (χ3v) is 5.98. The lowest BCUT2D eigenvalue weighted by Crippen LogP contribution is -2.24. The molecule has 1 N–H and O–H groups in total. The second kappa shape index (κ2) is 8.40. The Labute approximate surface area is 194 Å². The molecule has 0 unspecified atom stereocenters. The summed E-state index contributed by atoms with van der Waals surface area (Å²) in [5.41, 5.74) is 3.00. The molecule has 1 amide bonds. The number of H-pyrrole nitrogens is 1. The molecule has 0 fully saturated rings. The van der Waals surface area contributed by atoms with Gasteiger partial charge < -0.3 is 4.98 Å². The molecule has 4 aromatic rings. The Hall–Kier alpha value is -4.59. The van der Waals surface area contributed by atoms with Crippen molar-refractivity contribution in [2.24, 2.45) is 5.10 Å². The van der Waals surface area contributed by atoms with Gasteiger partial charge in [-0.25, -0.2) is 5.01 Å². The first kappa shape index (κ1) is 21.3. The van der Waals surface area contributed by atoms with E-state index in [9.17, 15) is 19.7 Å². The van der Waals surface area contributed by atoms with Gasteiger partial charge in [-0.2, -0.15) is 5.10 Å². The first-order chi connectivity index (χ1) is 16.4. The molecule has 3 aromatic carbocycles. The van der Waals surface area contributed by atoms with Crippen molar-refractivity contribution >= 4 is 28.2 Å². The smallest absolute Gasteiger partial charge is 0.270 e. The van der Waals surface area contributed by atoms with Crippen LogP contribution in [0.25, 0.3) is 22.0 Å². The number of aromatic amines is 1. The van der Waals surface area contributed by atoms with E-state index < -0.39 is 4.92 Å². The fourth-order valence-corrected chi connectivity index (χ4v) is 4.46. The number of carbonyl (C=O) groups excluding carboxylic acids is 1. The number of nitrogens with one attached hydrogen (secondary N) is 1. The zero-order valence-electron chi connectivity index (χ0n) is 18.3. The summed E-state index contributed by atoms with van der Waals surface area (Å²) in [6, 6.07) is 22.8. The molecule has 2 heterocycles. The fourth-order valence-electron chi connectivity index (χ4n) is 4.46. The molecule has 1 aliphatic rings. The van der Waals surface area contributed by atoms with Crippen LogP contribution in [0.15, 0.2) is 88.8 Å². The van der Waals surface area contributed by atoms with Crippen LogP contribution in [0.4, 0.5) is 5.69 Å². The Bertz CT molecular complexity index is 1510. The second-order valence-electron chi connectivity index (χ2n) is 8.10. The highest BCUT2D eigenvalue weighted by atomic mass is 16.6. The van der Waals surface area contributed by atoms with Crippen LogP contribution < -0.4 is 5.56 Å². The van der Waals surface area contributed by atoms with Crippen molar-refractivity contribution in [3.63, 3.8) is 0 Å². The van der Waals surface area contributed by atoms with Gasteiger partial charge in [-0.15, -0.1) is 0 Å². The van der Waals surface area contributed by atoms with E-state index in [-0.39, 0.29) is 23.2 Å². The van der Waals surface area contributed by atoms with Gasteiger partial charge in [0.1, 0.15) is 0 Å². The number of amides is 1. The lowest BCUT2D eigenvalue weighted by Gasteiger charge is -2.20. The lowest BCUT2D eigenvalue weighted by atomic mass is 9.91. The van der Waals surface area contributed by atoms with E-state index in [1.54, 1.807) is 0 Å². The van der Waals surface area contributed by atoms with E-state index >= 15 is 0 Å². The Kier molecular flexibility index (Phi) is 5.25. The van der Waals surface area contributed by atoms with Crippen molar-refractivity contribution < 1.29 is 9.72 Å². The van der Waals surface area contributed by atoms with Crippen LogP contribution in [0.2, 0.25) is 0 Å².